The number of carbonyl (C=O) groups excluding carboxylic acids is 1. The van der Waals surface area contributed by atoms with E-state index in [0.29, 0.717) is 17.0 Å². The Morgan fingerprint density at radius 2 is 1.89 bits per heavy atom. The maximum atomic E-state index is 12.1. The number of anilines is 2. The second-order valence-corrected chi connectivity index (χ2v) is 4.23. The second kappa shape index (κ2) is 5.44. The first-order valence-corrected chi connectivity index (χ1v) is 5.92. The number of amides is 1. The fourth-order valence-corrected chi connectivity index (χ4v) is 1.79. The van der Waals surface area contributed by atoms with Gasteiger partial charge in [-0.1, -0.05) is 18.2 Å². The number of nitrogen functional groups attached to an aromatic ring is 1. The summed E-state index contributed by atoms with van der Waals surface area (Å²) in [6.07, 6.45) is 0. The Labute approximate surface area is 112 Å². The predicted octanol–water partition coefficient (Wildman–Crippen LogP) is 2.84. The van der Waals surface area contributed by atoms with Crippen molar-refractivity contribution in [2.24, 2.45) is 0 Å². The summed E-state index contributed by atoms with van der Waals surface area (Å²) in [6.45, 7) is 1.84. The van der Waals surface area contributed by atoms with E-state index in [-0.39, 0.29) is 5.91 Å². The van der Waals surface area contributed by atoms with Crippen LogP contribution in [0.4, 0.5) is 11.4 Å². The summed E-state index contributed by atoms with van der Waals surface area (Å²) >= 11 is 0. The number of para-hydroxylation sites is 1. The average Bonchev–Trinajstić information content (AvgIpc) is 2.42. The zero-order valence-electron chi connectivity index (χ0n) is 10.9. The molecule has 4 heteroatoms. The maximum Gasteiger partial charge on any atom is 0.255 e. The minimum atomic E-state index is -0.187. The van der Waals surface area contributed by atoms with E-state index >= 15 is 0 Å². The molecular formula is C15H16N2O2. The molecule has 0 unspecified atom stereocenters. The van der Waals surface area contributed by atoms with Gasteiger partial charge >= 0.3 is 0 Å². The molecule has 2 aromatic rings. The first-order chi connectivity index (χ1) is 9.11. The van der Waals surface area contributed by atoms with Crippen LogP contribution in [0.25, 0.3) is 0 Å². The number of methoxy groups -OCH3 is 1. The Hall–Kier alpha value is -2.49. The molecule has 0 bridgehead atoms. The Bertz CT molecular complexity index is 595. The largest absolute Gasteiger partial charge is 0.495 e. The number of nitrogens with one attached hydrogen (secondary N) is 1. The van der Waals surface area contributed by atoms with Gasteiger partial charge in [0, 0.05) is 11.3 Å². The lowest BCUT2D eigenvalue weighted by Crippen LogP contribution is -2.12. The lowest BCUT2D eigenvalue weighted by atomic mass is 10.1. The van der Waals surface area contributed by atoms with Crippen molar-refractivity contribution in [3.8, 4) is 5.75 Å². The van der Waals surface area contributed by atoms with Crippen LogP contribution in [0.15, 0.2) is 42.5 Å². The highest BCUT2D eigenvalue weighted by Crippen LogP contribution is 2.27. The standard InChI is InChI=1S/C15H16N2O2/c1-10-8-11(9-13(19-2)14(10)16)15(18)17-12-6-4-3-5-7-12/h3-9H,16H2,1-2H3,(H,17,18). The molecule has 19 heavy (non-hydrogen) atoms. The van der Waals surface area contributed by atoms with Crippen LogP contribution in [0, 0.1) is 6.92 Å². The Morgan fingerprint density at radius 3 is 2.53 bits per heavy atom. The molecule has 0 saturated heterocycles. The first-order valence-electron chi connectivity index (χ1n) is 5.92. The van der Waals surface area contributed by atoms with E-state index in [0.717, 1.165) is 11.3 Å². The summed E-state index contributed by atoms with van der Waals surface area (Å²) in [6, 6.07) is 12.7. The molecule has 0 atom stereocenters. The number of hydrogen-bond acceptors (Lipinski definition) is 3. The highest BCUT2D eigenvalue weighted by molar-refractivity contribution is 6.05. The van der Waals surface area contributed by atoms with Crippen molar-refractivity contribution in [2.45, 2.75) is 6.92 Å². The smallest absolute Gasteiger partial charge is 0.255 e. The van der Waals surface area contributed by atoms with Gasteiger partial charge in [0.2, 0.25) is 0 Å². The Kier molecular flexibility index (Phi) is 3.71. The molecule has 1 amide bonds. The fraction of sp³-hybridized carbons (Fsp3) is 0.133. The molecule has 0 aliphatic rings. The van der Waals surface area contributed by atoms with Crippen LogP contribution in [0.2, 0.25) is 0 Å². The van der Waals surface area contributed by atoms with Crippen LogP contribution in [-0.2, 0) is 0 Å². The van der Waals surface area contributed by atoms with Gasteiger partial charge in [-0.2, -0.15) is 0 Å². The van der Waals surface area contributed by atoms with Crippen molar-refractivity contribution in [1.29, 1.82) is 0 Å². The van der Waals surface area contributed by atoms with E-state index < -0.39 is 0 Å². The maximum absolute atomic E-state index is 12.1. The van der Waals surface area contributed by atoms with E-state index in [4.69, 9.17) is 10.5 Å². The molecule has 0 saturated carbocycles. The third kappa shape index (κ3) is 2.85. The molecule has 4 nitrogen and oxygen atoms in total. The van der Waals surface area contributed by atoms with Crippen LogP contribution in [0.1, 0.15) is 15.9 Å². The lowest BCUT2D eigenvalue weighted by Gasteiger charge is -2.11. The number of benzene rings is 2. The SMILES string of the molecule is COc1cc(C(=O)Nc2ccccc2)cc(C)c1N. The zero-order valence-corrected chi connectivity index (χ0v) is 10.9. The third-order valence-electron chi connectivity index (χ3n) is 2.86. The summed E-state index contributed by atoms with van der Waals surface area (Å²) in [5.74, 6) is 0.325. The van der Waals surface area contributed by atoms with Crippen LogP contribution in [-0.4, -0.2) is 13.0 Å². The van der Waals surface area contributed by atoms with E-state index in [1.54, 1.807) is 12.1 Å². The molecule has 0 aromatic heterocycles. The van der Waals surface area contributed by atoms with Gasteiger partial charge in [-0.25, -0.2) is 0 Å². The molecular weight excluding hydrogens is 240 g/mol. The molecule has 0 radical (unpaired) electrons. The lowest BCUT2D eigenvalue weighted by molar-refractivity contribution is 0.102. The van der Waals surface area contributed by atoms with E-state index in [9.17, 15) is 4.79 Å². The van der Waals surface area contributed by atoms with Crippen molar-refractivity contribution in [3.05, 3.63) is 53.6 Å². The molecule has 98 valence electrons. The summed E-state index contributed by atoms with van der Waals surface area (Å²) in [4.78, 5) is 12.1. The van der Waals surface area contributed by atoms with Gasteiger partial charge in [0.25, 0.3) is 5.91 Å². The Morgan fingerprint density at radius 1 is 1.21 bits per heavy atom. The molecule has 0 aliphatic carbocycles. The number of carbonyl (C=O) groups is 1. The van der Waals surface area contributed by atoms with Gasteiger partial charge in [-0.05, 0) is 36.8 Å². The molecule has 2 rings (SSSR count). The van der Waals surface area contributed by atoms with Crippen LogP contribution >= 0.6 is 0 Å². The van der Waals surface area contributed by atoms with Crippen LogP contribution < -0.4 is 15.8 Å². The van der Waals surface area contributed by atoms with Gasteiger partial charge in [-0.15, -0.1) is 0 Å². The second-order valence-electron chi connectivity index (χ2n) is 4.23. The summed E-state index contributed by atoms with van der Waals surface area (Å²) in [5.41, 5.74) is 8.50. The quantitative estimate of drug-likeness (QED) is 0.830. The third-order valence-corrected chi connectivity index (χ3v) is 2.86. The first kappa shape index (κ1) is 13.0. The number of nitrogens with two attached hydrogens (primary N) is 1. The molecule has 0 spiro atoms. The van der Waals surface area contributed by atoms with Crippen molar-refractivity contribution in [2.75, 3.05) is 18.2 Å². The number of hydrogen-bond donors (Lipinski definition) is 2. The summed E-state index contributed by atoms with van der Waals surface area (Å²) in [5, 5.41) is 2.82. The van der Waals surface area contributed by atoms with Gasteiger partial charge in [-0.3, -0.25) is 4.79 Å². The summed E-state index contributed by atoms with van der Waals surface area (Å²) in [7, 11) is 1.53. The molecule has 3 N–H and O–H groups in total. The fourth-order valence-electron chi connectivity index (χ4n) is 1.79. The van der Waals surface area contributed by atoms with E-state index in [1.165, 1.54) is 7.11 Å². The molecule has 0 heterocycles. The highest BCUT2D eigenvalue weighted by Gasteiger charge is 2.11. The van der Waals surface area contributed by atoms with Crippen molar-refractivity contribution >= 4 is 17.3 Å². The van der Waals surface area contributed by atoms with Crippen molar-refractivity contribution < 1.29 is 9.53 Å². The number of aryl methyl sites for hydroxylation is 1. The van der Waals surface area contributed by atoms with Gasteiger partial charge < -0.3 is 15.8 Å². The van der Waals surface area contributed by atoms with Crippen LogP contribution in [0.3, 0.4) is 0 Å². The number of ether oxygens (including phenoxy) is 1. The normalized spacial score (nSPS) is 10.0. The Balaban J connectivity index is 2.27. The van der Waals surface area contributed by atoms with Gasteiger partial charge in [0.1, 0.15) is 5.75 Å². The van der Waals surface area contributed by atoms with Gasteiger partial charge in [0.05, 0.1) is 12.8 Å². The number of rotatable bonds is 3. The molecule has 0 fully saturated rings. The molecule has 0 aliphatic heterocycles. The minimum absolute atomic E-state index is 0.187. The van der Waals surface area contributed by atoms with Gasteiger partial charge in [0.15, 0.2) is 0 Å². The van der Waals surface area contributed by atoms with E-state index in [2.05, 4.69) is 5.32 Å². The van der Waals surface area contributed by atoms with Crippen LogP contribution in [0.5, 0.6) is 5.75 Å². The highest BCUT2D eigenvalue weighted by atomic mass is 16.5. The molecule has 2 aromatic carbocycles. The van der Waals surface area contributed by atoms with E-state index in [1.807, 2.05) is 37.3 Å². The van der Waals surface area contributed by atoms with Crippen molar-refractivity contribution in [1.82, 2.24) is 0 Å². The minimum Gasteiger partial charge on any atom is -0.495 e. The monoisotopic (exact) mass is 256 g/mol. The zero-order chi connectivity index (χ0) is 13.8. The predicted molar refractivity (Wildman–Crippen MR) is 76.5 cm³/mol. The average molecular weight is 256 g/mol. The topological polar surface area (TPSA) is 64.3 Å². The summed E-state index contributed by atoms with van der Waals surface area (Å²) < 4.78 is 5.16. The van der Waals surface area contributed by atoms with Crippen molar-refractivity contribution in [3.63, 3.8) is 0 Å².